The fraction of sp³-hybridized carbons (Fsp3) is 0.333. The van der Waals surface area contributed by atoms with Gasteiger partial charge in [0.15, 0.2) is 12.0 Å². The molecule has 0 radical (unpaired) electrons. The molecule has 0 saturated carbocycles. The van der Waals surface area contributed by atoms with E-state index >= 15 is 0 Å². The number of nitrogens with zero attached hydrogens (tertiary/aromatic N) is 3. The Morgan fingerprint density at radius 1 is 1.50 bits per heavy atom. The lowest BCUT2D eigenvalue weighted by Crippen LogP contribution is -2.18. The van der Waals surface area contributed by atoms with Gasteiger partial charge < -0.3 is 9.32 Å². The zero-order valence-electron chi connectivity index (χ0n) is 9.18. The average molecular weight is 215 g/mol. The number of benzene rings is 1. The van der Waals surface area contributed by atoms with E-state index in [1.807, 2.05) is 25.2 Å². The molecule has 2 aromatic rings. The van der Waals surface area contributed by atoms with Gasteiger partial charge in [0.2, 0.25) is 0 Å². The van der Waals surface area contributed by atoms with Crippen LogP contribution in [0.4, 0.5) is 0 Å². The first-order valence-electron chi connectivity index (χ1n) is 5.17. The molecule has 0 spiro atoms. The first-order valence-corrected chi connectivity index (χ1v) is 5.17. The smallest absolute Gasteiger partial charge is 0.181 e. The Hall–Kier alpha value is -1.86. The summed E-state index contributed by atoms with van der Waals surface area (Å²) in [5.41, 5.74) is 2.86. The second-order valence-corrected chi connectivity index (χ2v) is 3.80. The molecule has 4 heteroatoms. The van der Waals surface area contributed by atoms with Crippen molar-refractivity contribution in [3.8, 4) is 6.07 Å². The van der Waals surface area contributed by atoms with Crippen molar-refractivity contribution in [3.05, 3.63) is 30.2 Å². The third-order valence-corrected chi connectivity index (χ3v) is 2.45. The lowest BCUT2D eigenvalue weighted by atomic mass is 10.2. The Labute approximate surface area is 94.1 Å². The average Bonchev–Trinajstić information content (AvgIpc) is 2.73. The van der Waals surface area contributed by atoms with Crippen LogP contribution in [0.2, 0.25) is 0 Å². The number of fused-ring (bicyclic) bond motifs is 1. The molecule has 0 fully saturated rings. The van der Waals surface area contributed by atoms with Crippen LogP contribution in [-0.2, 0) is 6.54 Å². The molecule has 82 valence electrons. The Bertz CT molecular complexity index is 512. The van der Waals surface area contributed by atoms with Crippen LogP contribution in [0.25, 0.3) is 11.1 Å². The molecule has 0 aliphatic heterocycles. The van der Waals surface area contributed by atoms with Crippen molar-refractivity contribution in [2.24, 2.45) is 0 Å². The number of hydrogen-bond acceptors (Lipinski definition) is 4. The standard InChI is InChI=1S/C12H13N3O/c1-15(6-2-5-13)8-10-3-4-11-12(7-10)16-9-14-11/h3-4,7,9H,2,6,8H2,1H3. The number of aromatic nitrogens is 1. The number of nitriles is 1. The number of rotatable bonds is 4. The van der Waals surface area contributed by atoms with E-state index in [1.54, 1.807) is 0 Å². The Morgan fingerprint density at radius 2 is 2.38 bits per heavy atom. The summed E-state index contributed by atoms with van der Waals surface area (Å²) < 4.78 is 5.24. The van der Waals surface area contributed by atoms with Crippen LogP contribution in [-0.4, -0.2) is 23.5 Å². The van der Waals surface area contributed by atoms with Gasteiger partial charge in [-0.1, -0.05) is 6.07 Å². The minimum Gasteiger partial charge on any atom is -0.443 e. The van der Waals surface area contributed by atoms with Crippen LogP contribution in [0.3, 0.4) is 0 Å². The fourth-order valence-corrected chi connectivity index (χ4v) is 1.63. The van der Waals surface area contributed by atoms with Gasteiger partial charge in [0.25, 0.3) is 0 Å². The summed E-state index contributed by atoms with van der Waals surface area (Å²) in [6.45, 7) is 1.60. The minimum absolute atomic E-state index is 0.557. The van der Waals surface area contributed by atoms with Gasteiger partial charge in [0.05, 0.1) is 6.07 Å². The molecule has 1 aromatic carbocycles. The molecule has 0 N–H and O–H groups in total. The molecular formula is C12H13N3O. The van der Waals surface area contributed by atoms with E-state index in [9.17, 15) is 0 Å². The van der Waals surface area contributed by atoms with Crippen molar-refractivity contribution < 1.29 is 4.42 Å². The van der Waals surface area contributed by atoms with Crippen molar-refractivity contribution >= 4 is 11.1 Å². The van der Waals surface area contributed by atoms with Crippen molar-refractivity contribution in [2.75, 3.05) is 13.6 Å². The highest BCUT2D eigenvalue weighted by molar-refractivity contribution is 5.72. The van der Waals surface area contributed by atoms with Crippen molar-refractivity contribution in [3.63, 3.8) is 0 Å². The van der Waals surface area contributed by atoms with E-state index in [0.717, 1.165) is 24.2 Å². The zero-order valence-corrected chi connectivity index (χ0v) is 9.18. The van der Waals surface area contributed by atoms with E-state index in [1.165, 1.54) is 12.0 Å². The second kappa shape index (κ2) is 4.77. The maximum absolute atomic E-state index is 8.49. The third kappa shape index (κ3) is 2.38. The van der Waals surface area contributed by atoms with Crippen molar-refractivity contribution in [2.45, 2.75) is 13.0 Å². The minimum atomic E-state index is 0.557. The van der Waals surface area contributed by atoms with E-state index in [2.05, 4.69) is 16.0 Å². The largest absolute Gasteiger partial charge is 0.443 e. The Morgan fingerprint density at radius 3 is 3.19 bits per heavy atom. The number of oxazole rings is 1. The van der Waals surface area contributed by atoms with Gasteiger partial charge in [-0.3, -0.25) is 0 Å². The lowest BCUT2D eigenvalue weighted by Gasteiger charge is -2.14. The monoisotopic (exact) mass is 215 g/mol. The van der Waals surface area contributed by atoms with E-state index in [-0.39, 0.29) is 0 Å². The summed E-state index contributed by atoms with van der Waals surface area (Å²) in [4.78, 5) is 6.18. The highest BCUT2D eigenvalue weighted by Crippen LogP contribution is 2.15. The molecule has 0 unspecified atom stereocenters. The predicted molar refractivity (Wildman–Crippen MR) is 60.6 cm³/mol. The fourth-order valence-electron chi connectivity index (χ4n) is 1.63. The van der Waals surface area contributed by atoms with Gasteiger partial charge in [-0.2, -0.15) is 5.26 Å². The molecule has 0 saturated heterocycles. The third-order valence-electron chi connectivity index (χ3n) is 2.45. The summed E-state index contributed by atoms with van der Waals surface area (Å²) in [6, 6.07) is 8.12. The first kappa shape index (κ1) is 10.7. The summed E-state index contributed by atoms with van der Waals surface area (Å²) in [5, 5.41) is 8.49. The number of hydrogen-bond donors (Lipinski definition) is 0. The van der Waals surface area contributed by atoms with Gasteiger partial charge >= 0.3 is 0 Å². The molecule has 0 aliphatic rings. The van der Waals surface area contributed by atoms with Gasteiger partial charge in [-0.15, -0.1) is 0 Å². The normalized spacial score (nSPS) is 10.8. The summed E-state index contributed by atoms with van der Waals surface area (Å²) >= 11 is 0. The van der Waals surface area contributed by atoms with Crippen molar-refractivity contribution in [1.82, 2.24) is 9.88 Å². The highest BCUT2D eigenvalue weighted by atomic mass is 16.3. The molecule has 0 bridgehead atoms. The van der Waals surface area contributed by atoms with E-state index in [0.29, 0.717) is 6.42 Å². The highest BCUT2D eigenvalue weighted by Gasteiger charge is 2.03. The van der Waals surface area contributed by atoms with Crippen LogP contribution < -0.4 is 0 Å². The maximum atomic E-state index is 8.49. The Kier molecular flexibility index (Phi) is 3.18. The van der Waals surface area contributed by atoms with Gasteiger partial charge in [0, 0.05) is 19.5 Å². The SMILES string of the molecule is CN(CCC#N)Cc1ccc2ncoc2c1. The zero-order chi connectivity index (χ0) is 11.4. The summed E-state index contributed by atoms with van der Waals surface area (Å²) in [7, 11) is 2.00. The van der Waals surface area contributed by atoms with Crippen LogP contribution in [0, 0.1) is 11.3 Å². The lowest BCUT2D eigenvalue weighted by molar-refractivity contribution is 0.335. The second-order valence-electron chi connectivity index (χ2n) is 3.80. The molecule has 1 heterocycles. The van der Waals surface area contributed by atoms with Crippen molar-refractivity contribution in [1.29, 1.82) is 5.26 Å². The summed E-state index contributed by atoms with van der Waals surface area (Å²) in [5.74, 6) is 0. The van der Waals surface area contributed by atoms with Gasteiger partial charge in [-0.05, 0) is 24.7 Å². The quantitative estimate of drug-likeness (QED) is 0.784. The van der Waals surface area contributed by atoms with Gasteiger partial charge in [0.1, 0.15) is 5.52 Å². The molecule has 0 amide bonds. The van der Waals surface area contributed by atoms with Crippen LogP contribution in [0.1, 0.15) is 12.0 Å². The molecule has 4 nitrogen and oxygen atoms in total. The topological polar surface area (TPSA) is 53.1 Å². The van der Waals surface area contributed by atoms with Gasteiger partial charge in [-0.25, -0.2) is 4.98 Å². The molecular weight excluding hydrogens is 202 g/mol. The Balaban J connectivity index is 2.06. The van der Waals surface area contributed by atoms with E-state index in [4.69, 9.17) is 9.68 Å². The first-order chi connectivity index (χ1) is 7.79. The molecule has 0 aliphatic carbocycles. The van der Waals surface area contributed by atoms with Crippen LogP contribution >= 0.6 is 0 Å². The summed E-state index contributed by atoms with van der Waals surface area (Å²) in [6.07, 6.45) is 2.01. The molecule has 1 aromatic heterocycles. The molecule has 0 atom stereocenters. The van der Waals surface area contributed by atoms with Crippen LogP contribution in [0.5, 0.6) is 0 Å². The van der Waals surface area contributed by atoms with E-state index < -0.39 is 0 Å². The molecule has 2 rings (SSSR count). The van der Waals surface area contributed by atoms with Crippen LogP contribution in [0.15, 0.2) is 29.0 Å². The predicted octanol–water partition coefficient (Wildman–Crippen LogP) is 2.17. The maximum Gasteiger partial charge on any atom is 0.181 e. The molecule has 16 heavy (non-hydrogen) atoms.